The zero-order chi connectivity index (χ0) is 23.8. The van der Waals surface area contributed by atoms with Gasteiger partial charge in [0.05, 0.1) is 23.5 Å². The number of rotatable bonds is 5. The maximum atomic E-state index is 13.3. The molecular weight excluding hydrogens is 432 g/mol. The Bertz CT molecular complexity index is 1280. The monoisotopic (exact) mass is 458 g/mol. The highest BCUT2D eigenvalue weighted by atomic mass is 16.5. The molecule has 2 aliphatic rings. The highest BCUT2D eigenvalue weighted by Crippen LogP contribution is 2.37. The number of benzene rings is 1. The first-order chi connectivity index (χ1) is 16.5. The molecule has 0 radical (unpaired) electrons. The van der Waals surface area contributed by atoms with Crippen molar-refractivity contribution in [2.45, 2.75) is 19.9 Å². The number of nitrogens with zero attached hydrogens (tertiary/aromatic N) is 5. The Morgan fingerprint density at radius 2 is 1.88 bits per heavy atom. The summed E-state index contributed by atoms with van der Waals surface area (Å²) in [5.74, 6) is 1.96. The first-order valence-corrected chi connectivity index (χ1v) is 11.2. The Morgan fingerprint density at radius 1 is 1.03 bits per heavy atom. The molecule has 0 unspecified atom stereocenters. The second kappa shape index (κ2) is 8.66. The number of pyridine rings is 2. The van der Waals surface area contributed by atoms with Crippen molar-refractivity contribution in [3.8, 4) is 5.75 Å². The van der Waals surface area contributed by atoms with Crippen LogP contribution in [0.1, 0.15) is 28.4 Å². The second-order valence-electron chi connectivity index (χ2n) is 8.28. The summed E-state index contributed by atoms with van der Waals surface area (Å²) in [5.41, 5.74) is 4.11. The van der Waals surface area contributed by atoms with Crippen molar-refractivity contribution in [3.63, 3.8) is 0 Å². The standard InChI is InChI=1S/C25H26N6O3/c1-4-31-22-19(24(32)29(2)21-6-5-10-26-23(21)31)12-16(14-27-22)9-11-34-18-7-8-20-17(13-18)15-28-25(33)30(20)3/h5-8,10,12-14H,4,9,11,15H2,1-3H3,(H,28,33). The summed E-state index contributed by atoms with van der Waals surface area (Å²) in [6.07, 6.45) is 4.12. The second-order valence-corrected chi connectivity index (χ2v) is 8.28. The minimum absolute atomic E-state index is 0.113. The number of hydrogen-bond acceptors (Lipinski definition) is 6. The highest BCUT2D eigenvalue weighted by molar-refractivity contribution is 6.12. The molecule has 5 rings (SSSR count). The largest absolute Gasteiger partial charge is 0.493 e. The molecular formula is C25H26N6O3. The van der Waals surface area contributed by atoms with Gasteiger partial charge < -0.3 is 19.9 Å². The van der Waals surface area contributed by atoms with E-state index in [1.54, 1.807) is 36.3 Å². The Hall–Kier alpha value is -4.14. The first-order valence-electron chi connectivity index (χ1n) is 11.2. The van der Waals surface area contributed by atoms with Crippen LogP contribution in [-0.2, 0) is 13.0 Å². The molecule has 1 aromatic carbocycles. The molecule has 1 N–H and O–H groups in total. The van der Waals surface area contributed by atoms with E-state index in [-0.39, 0.29) is 11.9 Å². The van der Waals surface area contributed by atoms with Gasteiger partial charge in [-0.2, -0.15) is 0 Å². The Kier molecular flexibility index (Phi) is 5.53. The summed E-state index contributed by atoms with van der Waals surface area (Å²) >= 11 is 0. The lowest BCUT2D eigenvalue weighted by Crippen LogP contribution is -2.41. The molecule has 9 heteroatoms. The lowest BCUT2D eigenvalue weighted by atomic mass is 10.1. The van der Waals surface area contributed by atoms with Crippen LogP contribution in [0.2, 0.25) is 0 Å². The van der Waals surface area contributed by atoms with Crippen LogP contribution in [-0.4, -0.2) is 49.2 Å². The summed E-state index contributed by atoms with van der Waals surface area (Å²) in [6, 6.07) is 11.2. The molecule has 0 aliphatic carbocycles. The number of anilines is 4. The quantitative estimate of drug-likeness (QED) is 0.629. The van der Waals surface area contributed by atoms with E-state index < -0.39 is 0 Å². The molecule has 9 nitrogen and oxygen atoms in total. The molecule has 0 atom stereocenters. The van der Waals surface area contributed by atoms with Crippen molar-refractivity contribution in [2.24, 2.45) is 0 Å². The Balaban J connectivity index is 1.34. The fraction of sp³-hybridized carbons (Fsp3) is 0.280. The van der Waals surface area contributed by atoms with Gasteiger partial charge in [0, 0.05) is 46.0 Å². The molecule has 2 aromatic heterocycles. The number of carbonyl (C=O) groups excluding carboxylic acids is 2. The third-order valence-electron chi connectivity index (χ3n) is 6.22. The number of ether oxygens (including phenoxy) is 1. The van der Waals surface area contributed by atoms with E-state index in [0.29, 0.717) is 37.5 Å². The summed E-state index contributed by atoms with van der Waals surface area (Å²) in [7, 11) is 3.50. The van der Waals surface area contributed by atoms with Crippen LogP contribution < -0.4 is 24.8 Å². The Labute approximate surface area is 198 Å². The van der Waals surface area contributed by atoms with E-state index in [9.17, 15) is 9.59 Å². The fourth-order valence-corrected chi connectivity index (χ4v) is 4.36. The molecule has 0 bridgehead atoms. The molecule has 0 fully saturated rings. The molecule has 3 amide bonds. The molecule has 0 saturated carbocycles. The van der Waals surface area contributed by atoms with Gasteiger partial charge in [-0.15, -0.1) is 0 Å². The van der Waals surface area contributed by atoms with Crippen molar-refractivity contribution in [3.05, 3.63) is 65.5 Å². The SMILES string of the molecule is CCN1c2ncc(CCOc3ccc4c(c3)CNC(=O)N4C)cc2C(=O)N(C)c2cccnc21. The number of fused-ring (bicyclic) bond motifs is 3. The molecule has 174 valence electrons. The smallest absolute Gasteiger partial charge is 0.321 e. The molecule has 3 aromatic rings. The zero-order valence-corrected chi connectivity index (χ0v) is 19.4. The average Bonchev–Trinajstić information content (AvgIpc) is 2.94. The zero-order valence-electron chi connectivity index (χ0n) is 19.4. The van der Waals surface area contributed by atoms with Gasteiger partial charge in [-0.25, -0.2) is 14.8 Å². The highest BCUT2D eigenvalue weighted by Gasteiger charge is 2.30. The molecule has 0 spiro atoms. The first kappa shape index (κ1) is 21.7. The number of amides is 3. The predicted octanol–water partition coefficient (Wildman–Crippen LogP) is 3.51. The van der Waals surface area contributed by atoms with Gasteiger partial charge >= 0.3 is 6.03 Å². The minimum Gasteiger partial charge on any atom is -0.493 e. The third-order valence-corrected chi connectivity index (χ3v) is 6.22. The molecule has 0 saturated heterocycles. The number of carbonyl (C=O) groups is 2. The number of hydrogen-bond donors (Lipinski definition) is 1. The number of nitrogens with one attached hydrogen (secondary N) is 1. The van der Waals surface area contributed by atoms with E-state index in [0.717, 1.165) is 34.1 Å². The minimum atomic E-state index is -0.115. The Morgan fingerprint density at radius 3 is 2.71 bits per heavy atom. The third kappa shape index (κ3) is 3.68. The van der Waals surface area contributed by atoms with Crippen LogP contribution in [0.15, 0.2) is 48.8 Å². The van der Waals surface area contributed by atoms with Crippen LogP contribution in [0.4, 0.5) is 27.8 Å². The normalized spacial score (nSPS) is 14.7. The molecule has 2 aliphatic heterocycles. The number of aromatic nitrogens is 2. The van der Waals surface area contributed by atoms with Crippen molar-refractivity contribution in [2.75, 3.05) is 41.9 Å². The lowest BCUT2D eigenvalue weighted by molar-refractivity contribution is 0.0994. The van der Waals surface area contributed by atoms with Gasteiger partial charge in [-0.3, -0.25) is 9.69 Å². The van der Waals surface area contributed by atoms with E-state index in [2.05, 4.69) is 15.3 Å². The van der Waals surface area contributed by atoms with E-state index in [1.807, 2.05) is 48.2 Å². The maximum absolute atomic E-state index is 13.3. The topological polar surface area (TPSA) is 90.9 Å². The average molecular weight is 459 g/mol. The van der Waals surface area contributed by atoms with Crippen LogP contribution in [0.3, 0.4) is 0 Å². The van der Waals surface area contributed by atoms with E-state index >= 15 is 0 Å². The van der Waals surface area contributed by atoms with Crippen molar-refractivity contribution in [1.82, 2.24) is 15.3 Å². The summed E-state index contributed by atoms with van der Waals surface area (Å²) in [6.45, 7) is 3.57. The van der Waals surface area contributed by atoms with Gasteiger partial charge in [-0.05, 0) is 54.4 Å². The van der Waals surface area contributed by atoms with Crippen LogP contribution in [0.25, 0.3) is 0 Å². The van der Waals surface area contributed by atoms with Gasteiger partial charge in [0.1, 0.15) is 11.6 Å². The van der Waals surface area contributed by atoms with Crippen molar-refractivity contribution >= 4 is 34.9 Å². The fourth-order valence-electron chi connectivity index (χ4n) is 4.36. The lowest BCUT2D eigenvalue weighted by Gasteiger charge is -2.26. The van der Waals surface area contributed by atoms with E-state index in [1.165, 1.54) is 0 Å². The van der Waals surface area contributed by atoms with Crippen LogP contribution >= 0.6 is 0 Å². The predicted molar refractivity (Wildman–Crippen MR) is 130 cm³/mol. The number of urea groups is 1. The van der Waals surface area contributed by atoms with Gasteiger partial charge in [0.15, 0.2) is 5.82 Å². The summed E-state index contributed by atoms with van der Waals surface area (Å²) in [5, 5.41) is 2.83. The summed E-state index contributed by atoms with van der Waals surface area (Å²) < 4.78 is 5.97. The van der Waals surface area contributed by atoms with Gasteiger partial charge in [-0.1, -0.05) is 0 Å². The molecule has 4 heterocycles. The van der Waals surface area contributed by atoms with Crippen LogP contribution in [0.5, 0.6) is 5.75 Å². The van der Waals surface area contributed by atoms with Crippen molar-refractivity contribution in [1.29, 1.82) is 0 Å². The van der Waals surface area contributed by atoms with Gasteiger partial charge in [0.25, 0.3) is 5.91 Å². The molecule has 34 heavy (non-hydrogen) atoms. The van der Waals surface area contributed by atoms with Crippen molar-refractivity contribution < 1.29 is 14.3 Å². The van der Waals surface area contributed by atoms with Gasteiger partial charge in [0.2, 0.25) is 0 Å². The van der Waals surface area contributed by atoms with Crippen LogP contribution in [0, 0.1) is 0 Å². The summed E-state index contributed by atoms with van der Waals surface area (Å²) in [4.78, 5) is 39.4. The maximum Gasteiger partial charge on any atom is 0.321 e. The van der Waals surface area contributed by atoms with E-state index in [4.69, 9.17) is 4.74 Å².